The molecule has 0 aromatic heterocycles. The highest BCUT2D eigenvalue weighted by molar-refractivity contribution is 6.74. The molecule has 1 aliphatic carbocycles. The highest BCUT2D eigenvalue weighted by Crippen LogP contribution is 2.57. The van der Waals surface area contributed by atoms with Gasteiger partial charge in [-0.2, -0.15) is 13.2 Å². The highest BCUT2D eigenvalue weighted by Gasteiger charge is 2.69. The second-order valence-electron chi connectivity index (χ2n) is 10.3. The van der Waals surface area contributed by atoms with Crippen LogP contribution < -0.4 is 0 Å². The number of allylic oxidation sites excluding steroid dienone is 1. The molecule has 31 heavy (non-hydrogen) atoms. The summed E-state index contributed by atoms with van der Waals surface area (Å²) < 4.78 is 59.7. The van der Waals surface area contributed by atoms with E-state index >= 15 is 0 Å². The van der Waals surface area contributed by atoms with E-state index in [0.29, 0.717) is 12.2 Å². The maximum absolute atomic E-state index is 14.2. The summed E-state index contributed by atoms with van der Waals surface area (Å²) in [7, 11) is -1.95. The first-order chi connectivity index (χ1) is 13.9. The summed E-state index contributed by atoms with van der Waals surface area (Å²) in [5, 5.41) is 11.3. The van der Waals surface area contributed by atoms with Gasteiger partial charge in [-0.1, -0.05) is 32.6 Å². The fourth-order valence-corrected chi connectivity index (χ4v) is 4.50. The summed E-state index contributed by atoms with van der Waals surface area (Å²) >= 11 is 0. The normalized spacial score (nSPS) is 29.5. The van der Waals surface area contributed by atoms with Crippen molar-refractivity contribution >= 4 is 8.32 Å². The van der Waals surface area contributed by atoms with E-state index < -0.39 is 37.7 Å². The summed E-state index contributed by atoms with van der Waals surface area (Å²) in [6, 6.07) is 0. The van der Waals surface area contributed by atoms with E-state index in [1.807, 2.05) is 0 Å². The molecule has 0 aromatic carbocycles. The topological polar surface area (TPSA) is 47.9 Å². The molecule has 1 aliphatic heterocycles. The molecule has 1 fully saturated rings. The standard InChI is InChI=1S/C23H35F3O4Si/c1-17(10-12-30-31(7,8)19(3,4)5)9-11-22(27)18(2)15-21(28-13-14-29-21)16-20(22,6)23(24,25)26/h10,15,27H,12-14,16H2,1-8H3/b17-10-/t20-,22+/m0/s1. The van der Waals surface area contributed by atoms with Gasteiger partial charge in [0, 0.05) is 6.42 Å². The van der Waals surface area contributed by atoms with Crippen molar-refractivity contribution in [3.05, 3.63) is 23.3 Å². The van der Waals surface area contributed by atoms with Crippen molar-refractivity contribution in [1.29, 1.82) is 0 Å². The lowest BCUT2D eigenvalue weighted by Crippen LogP contribution is -2.61. The minimum atomic E-state index is -4.72. The fourth-order valence-electron chi connectivity index (χ4n) is 3.57. The highest BCUT2D eigenvalue weighted by atomic mass is 28.4. The van der Waals surface area contributed by atoms with Crippen LogP contribution in [0.2, 0.25) is 18.1 Å². The molecule has 0 amide bonds. The van der Waals surface area contributed by atoms with E-state index in [1.165, 1.54) is 13.0 Å². The summed E-state index contributed by atoms with van der Waals surface area (Å²) in [6.07, 6.45) is -2.11. The van der Waals surface area contributed by atoms with Crippen molar-refractivity contribution < 1.29 is 32.2 Å². The Bertz CT molecular complexity index is 807. The van der Waals surface area contributed by atoms with Gasteiger partial charge in [0.25, 0.3) is 0 Å². The zero-order valence-corrected chi connectivity index (χ0v) is 20.8. The van der Waals surface area contributed by atoms with Gasteiger partial charge in [-0.25, -0.2) is 0 Å². The second kappa shape index (κ2) is 8.34. The van der Waals surface area contributed by atoms with Crippen molar-refractivity contribution in [3.8, 4) is 11.8 Å². The van der Waals surface area contributed by atoms with E-state index in [9.17, 15) is 18.3 Å². The molecule has 1 spiro atoms. The van der Waals surface area contributed by atoms with Crippen LogP contribution >= 0.6 is 0 Å². The first kappa shape index (κ1) is 26.1. The van der Waals surface area contributed by atoms with Gasteiger partial charge in [-0.05, 0) is 62.2 Å². The first-order valence-corrected chi connectivity index (χ1v) is 13.4. The van der Waals surface area contributed by atoms with Crippen LogP contribution in [0.5, 0.6) is 0 Å². The molecule has 1 saturated heterocycles. The Morgan fingerprint density at radius 3 is 2.29 bits per heavy atom. The van der Waals surface area contributed by atoms with E-state index in [2.05, 4.69) is 45.7 Å². The van der Waals surface area contributed by atoms with Crippen molar-refractivity contribution in [3.63, 3.8) is 0 Å². The van der Waals surface area contributed by atoms with Crippen molar-refractivity contribution in [1.82, 2.24) is 0 Å². The Balaban J connectivity index is 2.34. The predicted molar refractivity (Wildman–Crippen MR) is 117 cm³/mol. The second-order valence-corrected chi connectivity index (χ2v) is 15.1. The lowest BCUT2D eigenvalue weighted by atomic mass is 9.62. The summed E-state index contributed by atoms with van der Waals surface area (Å²) in [5.74, 6) is 3.77. The average Bonchev–Trinajstić information content (AvgIpc) is 3.03. The number of halogens is 3. The van der Waals surface area contributed by atoms with Gasteiger partial charge in [0.05, 0.1) is 19.8 Å². The van der Waals surface area contributed by atoms with Gasteiger partial charge in [-0.15, -0.1) is 0 Å². The van der Waals surface area contributed by atoms with Gasteiger partial charge in [0.1, 0.15) is 5.41 Å². The van der Waals surface area contributed by atoms with Gasteiger partial charge >= 0.3 is 6.18 Å². The van der Waals surface area contributed by atoms with Gasteiger partial charge in [0.2, 0.25) is 0 Å². The Hall–Kier alpha value is -1.11. The van der Waals surface area contributed by atoms with E-state index in [1.54, 1.807) is 13.0 Å². The molecule has 0 aromatic rings. The molecule has 2 rings (SSSR count). The van der Waals surface area contributed by atoms with Crippen LogP contribution in [0.3, 0.4) is 0 Å². The zero-order valence-electron chi connectivity index (χ0n) is 19.8. The van der Waals surface area contributed by atoms with Crippen LogP contribution in [-0.2, 0) is 13.9 Å². The first-order valence-electron chi connectivity index (χ1n) is 10.5. The van der Waals surface area contributed by atoms with Crippen LogP contribution in [0, 0.1) is 17.3 Å². The van der Waals surface area contributed by atoms with Crippen LogP contribution in [0.1, 0.15) is 48.0 Å². The molecule has 1 heterocycles. The number of rotatable bonds is 3. The molecule has 0 radical (unpaired) electrons. The Kier molecular flexibility index (Phi) is 7.04. The molecule has 0 bridgehead atoms. The van der Waals surface area contributed by atoms with Crippen molar-refractivity contribution in [2.24, 2.45) is 5.41 Å². The fraction of sp³-hybridized carbons (Fsp3) is 0.739. The van der Waals surface area contributed by atoms with E-state index in [-0.39, 0.29) is 23.8 Å². The molecule has 176 valence electrons. The Labute approximate surface area is 185 Å². The van der Waals surface area contributed by atoms with Crippen LogP contribution in [0.4, 0.5) is 13.2 Å². The van der Waals surface area contributed by atoms with Gasteiger partial charge in [0.15, 0.2) is 19.7 Å². The lowest BCUT2D eigenvalue weighted by molar-refractivity contribution is -0.292. The molecule has 2 aliphatic rings. The van der Waals surface area contributed by atoms with E-state index in [0.717, 1.165) is 6.92 Å². The van der Waals surface area contributed by atoms with Crippen molar-refractivity contribution in [2.45, 2.75) is 83.7 Å². The number of alkyl halides is 3. The third-order valence-corrected chi connectivity index (χ3v) is 11.4. The number of hydrogen-bond acceptors (Lipinski definition) is 4. The molecular formula is C23H35F3O4Si. The third kappa shape index (κ3) is 4.96. The van der Waals surface area contributed by atoms with Crippen molar-refractivity contribution in [2.75, 3.05) is 19.8 Å². The SMILES string of the molecule is CC1=CC2(C[C@](C)(C(F)(F)F)[C@@]1(O)C#C/C(C)=C\CO[Si](C)(C)C(C)(C)C)OCCO2. The largest absolute Gasteiger partial charge is 0.413 e. The summed E-state index contributed by atoms with van der Waals surface area (Å²) in [5.41, 5.74) is -4.36. The summed E-state index contributed by atoms with van der Waals surface area (Å²) in [4.78, 5) is 0. The Morgan fingerprint density at radius 2 is 1.81 bits per heavy atom. The van der Waals surface area contributed by atoms with E-state index in [4.69, 9.17) is 13.9 Å². The average molecular weight is 461 g/mol. The monoisotopic (exact) mass is 460 g/mol. The molecule has 4 nitrogen and oxygen atoms in total. The number of hydrogen-bond donors (Lipinski definition) is 1. The minimum absolute atomic E-state index is 0.0500. The molecule has 2 atom stereocenters. The molecule has 1 N–H and O–H groups in total. The van der Waals surface area contributed by atoms with Gasteiger partial charge < -0.3 is 19.0 Å². The summed E-state index contributed by atoms with van der Waals surface area (Å²) in [6.45, 7) is 15.5. The zero-order chi connectivity index (χ0) is 23.9. The maximum Gasteiger partial charge on any atom is 0.398 e. The molecule has 0 saturated carbocycles. The molecular weight excluding hydrogens is 425 g/mol. The predicted octanol–water partition coefficient (Wildman–Crippen LogP) is 5.35. The molecule has 8 heteroatoms. The number of ether oxygens (including phenoxy) is 2. The lowest BCUT2D eigenvalue weighted by Gasteiger charge is -2.50. The quantitative estimate of drug-likeness (QED) is 0.350. The smallest absolute Gasteiger partial charge is 0.398 e. The van der Waals surface area contributed by atoms with Crippen LogP contribution in [-0.4, -0.2) is 50.8 Å². The molecule has 0 unspecified atom stereocenters. The Morgan fingerprint density at radius 1 is 1.26 bits per heavy atom. The maximum atomic E-state index is 14.2. The van der Waals surface area contributed by atoms with Crippen LogP contribution in [0.15, 0.2) is 23.3 Å². The number of aliphatic hydroxyl groups is 1. The van der Waals surface area contributed by atoms with Crippen LogP contribution in [0.25, 0.3) is 0 Å². The minimum Gasteiger partial charge on any atom is -0.413 e. The van der Waals surface area contributed by atoms with Gasteiger partial charge in [-0.3, -0.25) is 0 Å². The third-order valence-electron chi connectivity index (χ3n) is 6.89.